The Hall–Kier alpha value is -4.28. The van der Waals surface area contributed by atoms with Crippen LogP contribution in [0.4, 0.5) is 0 Å². The topological polar surface area (TPSA) is 301 Å². The average molecular weight is 828 g/mol. The predicted octanol–water partition coefficient (Wildman–Crippen LogP) is 1.55. The van der Waals surface area contributed by atoms with E-state index >= 15 is 0 Å². The van der Waals surface area contributed by atoms with Crippen molar-refractivity contribution in [2.75, 3.05) is 14.2 Å². The van der Waals surface area contributed by atoms with Crippen molar-refractivity contribution < 1.29 is 79.4 Å². The Balaban J connectivity index is 0. The van der Waals surface area contributed by atoms with Gasteiger partial charge in [-0.1, -0.05) is 35.7 Å². The number of pyridine rings is 4. The molecule has 0 saturated heterocycles. The Kier molecular flexibility index (Phi) is 24.5. The van der Waals surface area contributed by atoms with E-state index in [2.05, 4.69) is 40.3 Å². The molecule has 2 radical (unpaired) electrons. The maximum absolute atomic E-state index is 8.63. The van der Waals surface area contributed by atoms with Gasteiger partial charge in [-0.15, -0.1) is 0 Å². The van der Waals surface area contributed by atoms with E-state index in [1.54, 1.807) is 24.8 Å². The molecular formula is C28H28Cu2N8O10S2. The number of aromatic nitrogens is 8. The van der Waals surface area contributed by atoms with Crippen LogP contribution in [0.25, 0.3) is 45.6 Å². The standard InChI is InChI=1S/2C13H9N4.2CH4O.2Cu.2H2O4S/c2*1-3-7-14-10(5-1)12-9-13(17-16-12)11-6-2-4-8-15-11;2*1-2;;;2*1-5(2,3)4/h2*1-9H;2*2H,1H3;;;2*(H2,1,2,3,4)/q2*-1;;;2*+2;;/p-2. The van der Waals surface area contributed by atoms with E-state index in [0.717, 1.165) is 59.8 Å². The molecular weight excluding hydrogens is 800 g/mol. The van der Waals surface area contributed by atoms with Crippen LogP contribution in [-0.4, -0.2) is 89.6 Å². The maximum atomic E-state index is 8.63. The summed E-state index contributed by atoms with van der Waals surface area (Å²) in [6.07, 6.45) is 6.96. The molecule has 6 rings (SSSR count). The summed E-state index contributed by atoms with van der Waals surface area (Å²) >= 11 is 0. The molecule has 50 heavy (non-hydrogen) atoms. The molecule has 0 spiro atoms. The third kappa shape index (κ3) is 20.9. The van der Waals surface area contributed by atoms with E-state index in [0.29, 0.717) is 0 Å². The van der Waals surface area contributed by atoms with Crippen LogP contribution in [0.1, 0.15) is 0 Å². The van der Waals surface area contributed by atoms with Crippen LogP contribution in [0.3, 0.4) is 0 Å². The number of rotatable bonds is 4. The quantitative estimate of drug-likeness (QED) is 0.111. The van der Waals surface area contributed by atoms with Gasteiger partial charge in [-0.25, -0.2) is 16.8 Å². The van der Waals surface area contributed by atoms with Crippen molar-refractivity contribution in [3.05, 3.63) is 110 Å². The Morgan fingerprint density at radius 2 is 0.720 bits per heavy atom. The first-order valence-electron chi connectivity index (χ1n) is 12.8. The Bertz CT molecular complexity index is 1680. The van der Waals surface area contributed by atoms with Crippen LogP contribution in [-0.2, 0) is 54.9 Å². The SMILES string of the molecule is CO.CO.O=S(=O)([O-])O.O=S(=O)([O-])O.[Cu+2].[Cu+2].c1ccc(-c2cc(-c3ccccn3)[n-]n2)nc1.c1ccc(-c2cc(-c3ccccn3)[n-]n2)nc1. The first kappa shape index (κ1) is 47.8. The smallest absolute Gasteiger partial charge is 0.726 e. The van der Waals surface area contributed by atoms with Gasteiger partial charge in [0.25, 0.3) is 0 Å². The molecule has 0 aliphatic rings. The summed E-state index contributed by atoms with van der Waals surface area (Å²) in [5.41, 5.74) is 6.36. The second-order valence-corrected chi connectivity index (χ2v) is 9.66. The van der Waals surface area contributed by atoms with Crippen molar-refractivity contribution >= 4 is 20.8 Å². The normalized spacial score (nSPS) is 9.60. The maximum Gasteiger partial charge on any atom is 2.00 e. The largest absolute Gasteiger partial charge is 2.00 e. The second kappa shape index (κ2) is 25.7. The van der Waals surface area contributed by atoms with E-state index in [4.69, 9.17) is 45.3 Å². The number of hydrogen-bond donors (Lipinski definition) is 4. The summed E-state index contributed by atoms with van der Waals surface area (Å²) in [4.78, 5) is 16.9. The monoisotopic (exact) mass is 826 g/mol. The fourth-order valence-corrected chi connectivity index (χ4v) is 3.15. The van der Waals surface area contributed by atoms with Gasteiger partial charge in [0.2, 0.25) is 20.8 Å². The Morgan fingerprint density at radius 3 is 0.940 bits per heavy atom. The number of hydrogen-bond acceptors (Lipinski definition) is 14. The molecule has 18 nitrogen and oxygen atoms in total. The molecule has 0 saturated carbocycles. The molecule has 0 aromatic carbocycles. The summed E-state index contributed by atoms with van der Waals surface area (Å²) < 4.78 is 65.7. The Labute approximate surface area is 308 Å². The first-order valence-corrected chi connectivity index (χ1v) is 15.5. The van der Waals surface area contributed by atoms with Gasteiger partial charge in [0.05, 0.1) is 22.8 Å². The number of aliphatic hydroxyl groups is 2. The molecule has 0 aliphatic heterocycles. The fraction of sp³-hybridized carbons (Fsp3) is 0.0714. The van der Waals surface area contributed by atoms with Gasteiger partial charge in [-0.3, -0.25) is 29.0 Å². The van der Waals surface area contributed by atoms with E-state index < -0.39 is 20.8 Å². The van der Waals surface area contributed by atoms with Gasteiger partial charge < -0.3 is 39.7 Å². The zero-order chi connectivity index (χ0) is 36.0. The van der Waals surface area contributed by atoms with E-state index in [9.17, 15) is 0 Å². The summed E-state index contributed by atoms with van der Waals surface area (Å²) in [5.74, 6) is 0. The minimum absolute atomic E-state index is 0. The van der Waals surface area contributed by atoms with Gasteiger partial charge in [-0.2, -0.15) is 0 Å². The fourth-order valence-electron chi connectivity index (χ4n) is 3.15. The van der Waals surface area contributed by atoms with Crippen molar-refractivity contribution in [1.82, 2.24) is 40.3 Å². The van der Waals surface area contributed by atoms with Crippen LogP contribution in [0.5, 0.6) is 0 Å². The minimum atomic E-state index is -4.92. The number of aliphatic hydroxyl groups excluding tert-OH is 2. The third-order valence-corrected chi connectivity index (χ3v) is 4.79. The summed E-state index contributed by atoms with van der Waals surface area (Å²) in [6.45, 7) is 0. The molecule has 0 fully saturated rings. The molecule has 6 aromatic rings. The van der Waals surface area contributed by atoms with Crippen molar-refractivity contribution in [2.45, 2.75) is 0 Å². The zero-order valence-electron chi connectivity index (χ0n) is 25.6. The molecule has 0 amide bonds. The molecule has 4 N–H and O–H groups in total. The third-order valence-electron chi connectivity index (χ3n) is 4.79. The van der Waals surface area contributed by atoms with Crippen molar-refractivity contribution in [1.29, 1.82) is 0 Å². The first-order chi connectivity index (χ1) is 22.9. The summed E-state index contributed by atoms with van der Waals surface area (Å²) in [7, 11) is -7.83. The van der Waals surface area contributed by atoms with Crippen LogP contribution < -0.4 is 10.2 Å². The van der Waals surface area contributed by atoms with Gasteiger partial charge in [0.1, 0.15) is 0 Å². The Morgan fingerprint density at radius 1 is 0.480 bits per heavy atom. The van der Waals surface area contributed by atoms with Gasteiger partial charge >= 0.3 is 34.1 Å². The van der Waals surface area contributed by atoms with Gasteiger partial charge in [-0.05, 0) is 60.7 Å². The van der Waals surface area contributed by atoms with E-state index in [-0.39, 0.29) is 34.1 Å². The summed E-state index contributed by atoms with van der Waals surface area (Å²) in [6, 6.07) is 26.6. The molecule has 0 unspecified atom stereocenters. The minimum Gasteiger partial charge on any atom is -0.726 e. The van der Waals surface area contributed by atoms with E-state index in [1.165, 1.54) is 0 Å². The average Bonchev–Trinajstić information content (AvgIpc) is 3.79. The molecule has 0 bridgehead atoms. The molecule has 274 valence electrons. The number of nitrogens with zero attached hydrogens (tertiary/aromatic N) is 8. The molecule has 0 aliphatic carbocycles. The van der Waals surface area contributed by atoms with Crippen LogP contribution in [0.2, 0.25) is 0 Å². The van der Waals surface area contributed by atoms with Crippen molar-refractivity contribution in [3.63, 3.8) is 0 Å². The van der Waals surface area contributed by atoms with Crippen LogP contribution >= 0.6 is 0 Å². The van der Waals surface area contributed by atoms with Crippen molar-refractivity contribution in [2.24, 2.45) is 0 Å². The summed E-state index contributed by atoms with van der Waals surface area (Å²) in [5, 5.41) is 30.4. The molecule has 6 aromatic heterocycles. The zero-order valence-corrected chi connectivity index (χ0v) is 29.1. The van der Waals surface area contributed by atoms with Gasteiger partial charge in [0.15, 0.2) is 0 Å². The van der Waals surface area contributed by atoms with Gasteiger partial charge in [0, 0.05) is 50.4 Å². The predicted molar refractivity (Wildman–Crippen MR) is 169 cm³/mol. The molecule has 6 heterocycles. The second-order valence-electron chi connectivity index (χ2n) is 7.95. The molecule has 22 heteroatoms. The van der Waals surface area contributed by atoms with Crippen LogP contribution in [0, 0.1) is 0 Å². The van der Waals surface area contributed by atoms with Crippen LogP contribution in [0.15, 0.2) is 110 Å². The van der Waals surface area contributed by atoms with E-state index in [1.807, 2.05) is 84.9 Å². The van der Waals surface area contributed by atoms with Crippen molar-refractivity contribution in [3.8, 4) is 45.6 Å². The molecule has 0 atom stereocenters.